The fourth-order valence-electron chi connectivity index (χ4n) is 3.01. The Bertz CT molecular complexity index is 1190. The molecular formula is C19H18BrClN2O3S. The molecule has 0 atom stereocenters. The molecular weight excluding hydrogens is 452 g/mol. The molecule has 1 aromatic heterocycles. The zero-order valence-electron chi connectivity index (χ0n) is 14.9. The molecule has 3 aromatic rings. The lowest BCUT2D eigenvalue weighted by atomic mass is 10.1. The highest BCUT2D eigenvalue weighted by molar-refractivity contribution is 9.10. The van der Waals surface area contributed by atoms with Gasteiger partial charge in [0.25, 0.3) is 5.56 Å². The van der Waals surface area contributed by atoms with Gasteiger partial charge in [-0.2, -0.15) is 0 Å². The summed E-state index contributed by atoms with van der Waals surface area (Å²) in [5, 5.41) is 0.894. The van der Waals surface area contributed by atoms with Crippen molar-refractivity contribution in [2.75, 3.05) is 5.75 Å². The SMILES string of the molecule is CCCS(=O)(=O)c1ccc(Cl)cc1Cn1cnc2c(Br)cc(C)cc2c1=O. The molecule has 0 saturated carbocycles. The van der Waals surface area contributed by atoms with Crippen molar-refractivity contribution in [2.24, 2.45) is 0 Å². The van der Waals surface area contributed by atoms with Crippen LogP contribution in [-0.2, 0) is 16.4 Å². The summed E-state index contributed by atoms with van der Waals surface area (Å²) < 4.78 is 27.3. The maximum atomic E-state index is 12.9. The Labute approximate surface area is 171 Å². The molecule has 0 aliphatic rings. The van der Waals surface area contributed by atoms with Gasteiger partial charge in [0, 0.05) is 9.50 Å². The van der Waals surface area contributed by atoms with Gasteiger partial charge in [-0.3, -0.25) is 9.36 Å². The van der Waals surface area contributed by atoms with Crippen LogP contribution in [0.3, 0.4) is 0 Å². The lowest BCUT2D eigenvalue weighted by Gasteiger charge is -2.13. The molecule has 0 unspecified atom stereocenters. The minimum Gasteiger partial charge on any atom is -0.294 e. The lowest BCUT2D eigenvalue weighted by molar-refractivity contribution is 0.592. The van der Waals surface area contributed by atoms with E-state index in [1.165, 1.54) is 17.0 Å². The van der Waals surface area contributed by atoms with Crippen molar-refractivity contribution < 1.29 is 8.42 Å². The Balaban J connectivity index is 2.15. The molecule has 27 heavy (non-hydrogen) atoms. The molecule has 142 valence electrons. The van der Waals surface area contributed by atoms with E-state index in [0.29, 0.717) is 27.9 Å². The van der Waals surface area contributed by atoms with Crippen molar-refractivity contribution in [2.45, 2.75) is 31.7 Å². The number of halogens is 2. The number of rotatable bonds is 5. The van der Waals surface area contributed by atoms with Gasteiger partial charge in [0.15, 0.2) is 9.84 Å². The Kier molecular flexibility index (Phi) is 5.74. The van der Waals surface area contributed by atoms with Crippen molar-refractivity contribution >= 4 is 48.3 Å². The largest absolute Gasteiger partial charge is 0.294 e. The molecule has 0 N–H and O–H groups in total. The van der Waals surface area contributed by atoms with E-state index in [-0.39, 0.29) is 22.8 Å². The first-order chi connectivity index (χ1) is 12.7. The van der Waals surface area contributed by atoms with Crippen LogP contribution in [-0.4, -0.2) is 23.7 Å². The van der Waals surface area contributed by atoms with Crippen LogP contribution in [0.2, 0.25) is 5.02 Å². The molecule has 5 nitrogen and oxygen atoms in total. The van der Waals surface area contributed by atoms with E-state index in [1.54, 1.807) is 18.2 Å². The van der Waals surface area contributed by atoms with Gasteiger partial charge < -0.3 is 0 Å². The number of fused-ring (bicyclic) bond motifs is 1. The van der Waals surface area contributed by atoms with Crippen LogP contribution in [0.15, 0.2) is 50.8 Å². The summed E-state index contributed by atoms with van der Waals surface area (Å²) in [6, 6.07) is 8.31. The number of hydrogen-bond donors (Lipinski definition) is 0. The molecule has 3 rings (SSSR count). The third kappa shape index (κ3) is 4.10. The summed E-state index contributed by atoms with van der Waals surface area (Å²) >= 11 is 9.51. The van der Waals surface area contributed by atoms with E-state index in [4.69, 9.17) is 11.6 Å². The number of aryl methyl sites for hydroxylation is 1. The average molecular weight is 470 g/mol. The van der Waals surface area contributed by atoms with Crippen LogP contribution in [0.5, 0.6) is 0 Å². The fraction of sp³-hybridized carbons (Fsp3) is 0.263. The highest BCUT2D eigenvalue weighted by atomic mass is 79.9. The van der Waals surface area contributed by atoms with E-state index in [9.17, 15) is 13.2 Å². The average Bonchev–Trinajstić information content (AvgIpc) is 2.57. The summed E-state index contributed by atoms with van der Waals surface area (Å²) in [7, 11) is -3.45. The summed E-state index contributed by atoms with van der Waals surface area (Å²) in [6.07, 6.45) is 1.94. The first kappa shape index (κ1) is 20.0. The molecule has 0 spiro atoms. The zero-order chi connectivity index (χ0) is 19.8. The van der Waals surface area contributed by atoms with E-state index >= 15 is 0 Å². The fourth-order valence-corrected chi connectivity index (χ4v) is 5.44. The van der Waals surface area contributed by atoms with Gasteiger partial charge >= 0.3 is 0 Å². The van der Waals surface area contributed by atoms with Crippen LogP contribution in [0.4, 0.5) is 0 Å². The molecule has 0 aliphatic heterocycles. The number of hydrogen-bond acceptors (Lipinski definition) is 4. The molecule has 0 aliphatic carbocycles. The second-order valence-corrected chi connectivity index (χ2v) is 9.76. The monoisotopic (exact) mass is 468 g/mol. The van der Waals surface area contributed by atoms with Gasteiger partial charge in [0.2, 0.25) is 0 Å². The second kappa shape index (κ2) is 7.73. The molecule has 0 amide bonds. The van der Waals surface area contributed by atoms with E-state index in [0.717, 1.165) is 10.0 Å². The first-order valence-corrected chi connectivity index (χ1v) is 11.2. The van der Waals surface area contributed by atoms with Crippen LogP contribution in [0.1, 0.15) is 24.5 Å². The highest BCUT2D eigenvalue weighted by Crippen LogP contribution is 2.24. The quantitative estimate of drug-likeness (QED) is 0.557. The van der Waals surface area contributed by atoms with E-state index in [2.05, 4.69) is 20.9 Å². The van der Waals surface area contributed by atoms with Gasteiger partial charge in [-0.1, -0.05) is 18.5 Å². The van der Waals surface area contributed by atoms with Crippen LogP contribution >= 0.6 is 27.5 Å². The van der Waals surface area contributed by atoms with Crippen molar-refractivity contribution in [1.29, 1.82) is 0 Å². The van der Waals surface area contributed by atoms with Crippen molar-refractivity contribution in [3.05, 3.63) is 67.6 Å². The normalized spacial score (nSPS) is 11.9. The Morgan fingerprint density at radius 3 is 2.67 bits per heavy atom. The molecule has 1 heterocycles. The van der Waals surface area contributed by atoms with Gasteiger partial charge in [-0.05, 0) is 70.7 Å². The van der Waals surface area contributed by atoms with Gasteiger partial charge in [0.1, 0.15) is 0 Å². The molecule has 0 bridgehead atoms. The first-order valence-electron chi connectivity index (χ1n) is 8.39. The maximum absolute atomic E-state index is 12.9. The van der Waals surface area contributed by atoms with Crippen molar-refractivity contribution in [1.82, 2.24) is 9.55 Å². The smallest absolute Gasteiger partial charge is 0.261 e. The maximum Gasteiger partial charge on any atom is 0.261 e. The van der Waals surface area contributed by atoms with Crippen LogP contribution in [0, 0.1) is 6.92 Å². The number of aromatic nitrogens is 2. The minimum absolute atomic E-state index is 0.0403. The van der Waals surface area contributed by atoms with Crippen LogP contribution in [0.25, 0.3) is 10.9 Å². The van der Waals surface area contributed by atoms with Gasteiger partial charge in [-0.15, -0.1) is 0 Å². The Morgan fingerprint density at radius 1 is 1.22 bits per heavy atom. The van der Waals surface area contributed by atoms with Gasteiger partial charge in [-0.25, -0.2) is 13.4 Å². The van der Waals surface area contributed by atoms with E-state index < -0.39 is 9.84 Å². The van der Waals surface area contributed by atoms with Crippen molar-refractivity contribution in [3.8, 4) is 0 Å². The Morgan fingerprint density at radius 2 is 1.96 bits per heavy atom. The molecule has 8 heteroatoms. The topological polar surface area (TPSA) is 69.0 Å². The van der Waals surface area contributed by atoms with Crippen LogP contribution < -0.4 is 5.56 Å². The van der Waals surface area contributed by atoms with Crippen molar-refractivity contribution in [3.63, 3.8) is 0 Å². The molecule has 2 aromatic carbocycles. The third-order valence-corrected chi connectivity index (χ3v) is 7.05. The van der Waals surface area contributed by atoms with Gasteiger partial charge in [0.05, 0.1) is 34.4 Å². The predicted molar refractivity (Wildman–Crippen MR) is 111 cm³/mol. The lowest BCUT2D eigenvalue weighted by Crippen LogP contribution is -2.22. The third-order valence-electron chi connectivity index (χ3n) is 4.20. The summed E-state index contributed by atoms with van der Waals surface area (Å²) in [5.41, 5.74) is 1.75. The number of benzene rings is 2. The second-order valence-electron chi connectivity index (χ2n) is 6.39. The minimum atomic E-state index is -3.45. The summed E-state index contributed by atoms with van der Waals surface area (Å²) in [5.74, 6) is 0.0403. The zero-order valence-corrected chi connectivity index (χ0v) is 18.0. The molecule has 0 saturated heterocycles. The summed E-state index contributed by atoms with van der Waals surface area (Å²) in [4.78, 5) is 17.5. The Hall–Kier alpha value is -1.70. The number of sulfone groups is 1. The molecule has 0 fully saturated rings. The number of nitrogens with zero attached hydrogens (tertiary/aromatic N) is 2. The highest BCUT2D eigenvalue weighted by Gasteiger charge is 2.19. The summed E-state index contributed by atoms with van der Waals surface area (Å²) in [6.45, 7) is 3.78. The van der Waals surface area contributed by atoms with E-state index in [1.807, 2.05) is 19.9 Å². The molecule has 0 radical (unpaired) electrons. The standard InChI is InChI=1S/C19H18BrClN2O3S/c1-3-6-27(25,26)17-5-4-14(21)9-13(17)10-23-11-22-18-15(19(23)24)7-12(2)8-16(18)20/h4-5,7-9,11H,3,6,10H2,1-2H3. The predicted octanol–water partition coefficient (Wildman–Crippen LogP) is 4.35.